The van der Waals surface area contributed by atoms with Crippen molar-refractivity contribution >= 4 is 28.4 Å². The fraction of sp³-hybridized carbons (Fsp3) is 0.200. The largest absolute Gasteiger partial charge is 0.335 e. The normalized spacial score (nSPS) is 10.9. The van der Waals surface area contributed by atoms with Gasteiger partial charge < -0.3 is 14.8 Å². The van der Waals surface area contributed by atoms with Gasteiger partial charge in [0.25, 0.3) is 0 Å². The van der Waals surface area contributed by atoms with Gasteiger partial charge in [0.1, 0.15) is 6.54 Å². The second-order valence-electron chi connectivity index (χ2n) is 6.45. The number of fused-ring (bicyclic) bond motifs is 1. The predicted molar refractivity (Wildman–Crippen MR) is 99.3 cm³/mol. The lowest BCUT2D eigenvalue weighted by Gasteiger charge is -2.18. The van der Waals surface area contributed by atoms with Gasteiger partial charge in [-0.1, -0.05) is 18.2 Å². The van der Waals surface area contributed by atoms with Gasteiger partial charge in [-0.15, -0.1) is 0 Å². The summed E-state index contributed by atoms with van der Waals surface area (Å²) in [6.45, 7) is 1.55. The quantitative estimate of drug-likeness (QED) is 0.680. The van der Waals surface area contributed by atoms with E-state index < -0.39 is 29.0 Å². The summed E-state index contributed by atoms with van der Waals surface area (Å²) in [7, 11) is 1.44. The lowest BCUT2D eigenvalue weighted by atomic mass is 10.2. The number of para-hydroxylation sites is 1. The summed E-state index contributed by atoms with van der Waals surface area (Å²) in [5.41, 5.74) is 1.31. The Hall–Kier alpha value is -3.29. The van der Waals surface area contributed by atoms with E-state index in [1.165, 1.54) is 11.9 Å². The molecule has 2 amide bonds. The van der Waals surface area contributed by atoms with Crippen LogP contribution < -0.4 is 5.32 Å². The van der Waals surface area contributed by atoms with E-state index in [9.17, 15) is 22.8 Å². The van der Waals surface area contributed by atoms with Crippen LogP contribution in [0.5, 0.6) is 0 Å². The fourth-order valence-corrected chi connectivity index (χ4v) is 2.93. The Morgan fingerprint density at radius 1 is 1.07 bits per heavy atom. The molecule has 0 saturated carbocycles. The van der Waals surface area contributed by atoms with E-state index in [0.29, 0.717) is 6.07 Å². The van der Waals surface area contributed by atoms with Gasteiger partial charge in [-0.05, 0) is 36.6 Å². The van der Waals surface area contributed by atoms with Gasteiger partial charge in [0.15, 0.2) is 17.5 Å². The molecule has 1 heterocycles. The first-order valence-electron chi connectivity index (χ1n) is 8.50. The van der Waals surface area contributed by atoms with E-state index in [1.54, 1.807) is 0 Å². The van der Waals surface area contributed by atoms with E-state index >= 15 is 0 Å². The molecule has 0 unspecified atom stereocenters. The maximum Gasteiger partial charge on any atom is 0.244 e. The molecule has 0 radical (unpaired) electrons. The third-order valence-corrected chi connectivity index (χ3v) is 4.43. The van der Waals surface area contributed by atoms with Crippen LogP contribution in [0.2, 0.25) is 0 Å². The number of anilines is 1. The molecule has 3 rings (SSSR count). The zero-order valence-corrected chi connectivity index (χ0v) is 15.3. The van der Waals surface area contributed by atoms with Gasteiger partial charge in [-0.25, -0.2) is 13.2 Å². The van der Waals surface area contributed by atoms with Gasteiger partial charge in [-0.3, -0.25) is 9.59 Å². The smallest absolute Gasteiger partial charge is 0.244 e. The lowest BCUT2D eigenvalue weighted by molar-refractivity contribution is -0.133. The van der Waals surface area contributed by atoms with Crippen molar-refractivity contribution in [2.45, 2.75) is 13.5 Å². The second-order valence-corrected chi connectivity index (χ2v) is 6.45. The summed E-state index contributed by atoms with van der Waals surface area (Å²) in [4.78, 5) is 25.7. The number of benzene rings is 2. The second kappa shape index (κ2) is 7.75. The van der Waals surface area contributed by atoms with Crippen LogP contribution in [0.3, 0.4) is 0 Å². The van der Waals surface area contributed by atoms with E-state index in [2.05, 4.69) is 5.32 Å². The molecule has 0 aliphatic carbocycles. The van der Waals surface area contributed by atoms with Crippen molar-refractivity contribution in [2.24, 2.45) is 0 Å². The number of amides is 2. The number of aryl methyl sites for hydroxylation is 1. The minimum absolute atomic E-state index is 0.0304. The molecule has 0 bridgehead atoms. The summed E-state index contributed by atoms with van der Waals surface area (Å²) in [5.74, 6) is -5.56. The Kier molecular flexibility index (Phi) is 5.39. The highest BCUT2D eigenvalue weighted by molar-refractivity contribution is 5.94. The van der Waals surface area contributed by atoms with Crippen LogP contribution in [-0.2, 0) is 16.1 Å². The highest BCUT2D eigenvalue weighted by atomic mass is 19.2. The first-order valence-corrected chi connectivity index (χ1v) is 8.50. The summed E-state index contributed by atoms with van der Waals surface area (Å²) < 4.78 is 41.7. The van der Waals surface area contributed by atoms with Crippen molar-refractivity contribution in [1.82, 2.24) is 9.47 Å². The Morgan fingerprint density at radius 2 is 1.79 bits per heavy atom. The van der Waals surface area contributed by atoms with Crippen molar-refractivity contribution in [2.75, 3.05) is 18.9 Å². The van der Waals surface area contributed by atoms with Crippen LogP contribution in [0, 0.1) is 24.4 Å². The minimum atomic E-state index is -1.67. The number of likely N-dealkylation sites (N-methyl/N-ethyl adjacent to an activating group) is 1. The van der Waals surface area contributed by atoms with Crippen molar-refractivity contribution in [3.8, 4) is 0 Å². The Bertz CT molecular complexity index is 1060. The van der Waals surface area contributed by atoms with Crippen LogP contribution in [0.15, 0.2) is 42.5 Å². The molecular weight excluding hydrogens is 371 g/mol. The van der Waals surface area contributed by atoms with Gasteiger partial charge in [0.05, 0.1) is 12.2 Å². The van der Waals surface area contributed by atoms with Crippen LogP contribution in [0.25, 0.3) is 10.9 Å². The number of hydrogen-bond acceptors (Lipinski definition) is 2. The number of nitrogens with one attached hydrogen (secondary N) is 1. The molecule has 3 aromatic rings. The summed E-state index contributed by atoms with van der Waals surface area (Å²) in [6.07, 6.45) is 0. The minimum Gasteiger partial charge on any atom is -0.335 e. The molecule has 28 heavy (non-hydrogen) atoms. The van der Waals surface area contributed by atoms with E-state index in [1.807, 2.05) is 41.8 Å². The van der Waals surface area contributed by atoms with Gasteiger partial charge in [0, 0.05) is 18.3 Å². The van der Waals surface area contributed by atoms with Crippen molar-refractivity contribution in [3.63, 3.8) is 0 Å². The molecule has 1 aromatic heterocycles. The Balaban J connectivity index is 1.66. The zero-order valence-electron chi connectivity index (χ0n) is 15.3. The Morgan fingerprint density at radius 3 is 2.54 bits per heavy atom. The number of carbonyl (C=O) groups is 2. The van der Waals surface area contributed by atoms with Gasteiger partial charge in [-0.2, -0.15) is 0 Å². The average Bonchev–Trinajstić information content (AvgIpc) is 2.97. The number of halogens is 3. The fourth-order valence-electron chi connectivity index (χ4n) is 2.93. The number of hydrogen-bond donors (Lipinski definition) is 1. The van der Waals surface area contributed by atoms with Crippen molar-refractivity contribution in [1.29, 1.82) is 0 Å². The monoisotopic (exact) mass is 389 g/mol. The van der Waals surface area contributed by atoms with Crippen molar-refractivity contribution < 1.29 is 22.8 Å². The molecular formula is C20H18F3N3O2. The molecule has 146 valence electrons. The zero-order chi connectivity index (χ0) is 20.4. The number of carbonyl (C=O) groups excluding carboxylic acids is 2. The number of rotatable bonds is 5. The van der Waals surface area contributed by atoms with Crippen LogP contribution in [0.1, 0.15) is 5.69 Å². The third-order valence-electron chi connectivity index (χ3n) is 4.43. The average molecular weight is 389 g/mol. The van der Waals surface area contributed by atoms with E-state index in [0.717, 1.165) is 22.7 Å². The van der Waals surface area contributed by atoms with Crippen LogP contribution >= 0.6 is 0 Å². The van der Waals surface area contributed by atoms with Crippen LogP contribution in [-0.4, -0.2) is 34.9 Å². The van der Waals surface area contributed by atoms with Crippen LogP contribution in [0.4, 0.5) is 18.9 Å². The van der Waals surface area contributed by atoms with Gasteiger partial charge in [0.2, 0.25) is 11.8 Å². The molecule has 0 aliphatic heterocycles. The molecule has 0 atom stereocenters. The number of nitrogens with zero attached hydrogens (tertiary/aromatic N) is 2. The third kappa shape index (κ3) is 3.85. The molecule has 0 fully saturated rings. The molecule has 0 aliphatic rings. The van der Waals surface area contributed by atoms with E-state index in [4.69, 9.17) is 0 Å². The highest BCUT2D eigenvalue weighted by Crippen LogP contribution is 2.20. The van der Waals surface area contributed by atoms with E-state index in [-0.39, 0.29) is 19.0 Å². The summed E-state index contributed by atoms with van der Waals surface area (Å²) in [6, 6.07) is 11.2. The molecule has 0 saturated heterocycles. The molecule has 2 aromatic carbocycles. The molecule has 1 N–H and O–H groups in total. The lowest BCUT2D eigenvalue weighted by Crippen LogP contribution is -2.37. The molecule has 0 spiro atoms. The summed E-state index contributed by atoms with van der Waals surface area (Å²) in [5, 5.41) is 3.14. The number of aromatic nitrogens is 1. The SMILES string of the molecule is Cc1cc2ccccc2n1CC(=O)N(C)CC(=O)Nc1ccc(F)c(F)c1F. The first-order chi connectivity index (χ1) is 13.3. The van der Waals surface area contributed by atoms with Crippen molar-refractivity contribution in [3.05, 3.63) is 65.6 Å². The molecule has 8 heteroatoms. The topological polar surface area (TPSA) is 54.3 Å². The highest BCUT2D eigenvalue weighted by Gasteiger charge is 2.18. The Labute approximate surface area is 159 Å². The summed E-state index contributed by atoms with van der Waals surface area (Å²) >= 11 is 0. The van der Waals surface area contributed by atoms with Gasteiger partial charge >= 0.3 is 0 Å². The predicted octanol–water partition coefficient (Wildman–Crippen LogP) is 3.46. The maximum absolute atomic E-state index is 13.7. The first kappa shape index (κ1) is 19.5. The molecule has 5 nitrogen and oxygen atoms in total. The standard InChI is InChI=1S/C20H18F3N3O2/c1-12-9-13-5-3-4-6-16(13)26(12)11-18(28)25(2)10-17(27)24-15-8-7-14(21)19(22)20(15)23/h3-9H,10-11H2,1-2H3,(H,24,27). The maximum atomic E-state index is 13.7.